The second-order valence-corrected chi connectivity index (χ2v) is 9.08. The molecule has 2 aliphatic rings. The number of benzene rings is 2. The summed E-state index contributed by atoms with van der Waals surface area (Å²) in [6.45, 7) is 3.35. The van der Waals surface area contributed by atoms with E-state index in [1.165, 1.54) is 6.07 Å². The average molecular weight is 476 g/mol. The van der Waals surface area contributed by atoms with Gasteiger partial charge in [-0.3, -0.25) is 5.32 Å². The highest BCUT2D eigenvalue weighted by Crippen LogP contribution is 2.38. The number of oxime groups is 1. The van der Waals surface area contributed by atoms with E-state index in [0.29, 0.717) is 42.3 Å². The van der Waals surface area contributed by atoms with Gasteiger partial charge in [0.15, 0.2) is 17.1 Å². The summed E-state index contributed by atoms with van der Waals surface area (Å²) in [5.41, 5.74) is 0.740. The number of ether oxygens (including phenoxy) is 4. The molecule has 0 bridgehead atoms. The number of amides is 1. The summed E-state index contributed by atoms with van der Waals surface area (Å²) in [5, 5.41) is 6.80. The number of rotatable bonds is 6. The molecule has 1 unspecified atom stereocenters. The third kappa shape index (κ3) is 5.93. The van der Waals surface area contributed by atoms with Crippen LogP contribution in [0.2, 0.25) is 0 Å². The Morgan fingerprint density at radius 2 is 1.91 bits per heavy atom. The van der Waals surface area contributed by atoms with Crippen molar-refractivity contribution in [2.75, 3.05) is 18.5 Å². The first-order valence-corrected chi connectivity index (χ1v) is 10.8. The van der Waals surface area contributed by atoms with E-state index in [4.69, 9.17) is 19.0 Å². The summed E-state index contributed by atoms with van der Waals surface area (Å²) >= 11 is 0. The van der Waals surface area contributed by atoms with Crippen LogP contribution in [0.3, 0.4) is 0 Å². The van der Waals surface area contributed by atoms with Gasteiger partial charge in [-0.2, -0.15) is 8.78 Å². The number of carbonyl (C=O) groups excluding carboxylic acids is 1. The van der Waals surface area contributed by atoms with E-state index in [0.717, 1.165) is 6.42 Å². The number of carbonyl (C=O) groups is 1. The van der Waals surface area contributed by atoms with Crippen LogP contribution >= 0.6 is 0 Å². The Hall–Kier alpha value is -3.40. The van der Waals surface area contributed by atoms with Crippen LogP contribution in [0.25, 0.3) is 0 Å². The van der Waals surface area contributed by atoms with E-state index >= 15 is 0 Å². The average Bonchev–Trinajstić information content (AvgIpc) is 3.39. The zero-order valence-corrected chi connectivity index (χ0v) is 19.1. The van der Waals surface area contributed by atoms with Crippen molar-refractivity contribution >= 4 is 17.5 Å². The molecule has 0 radical (unpaired) electrons. The van der Waals surface area contributed by atoms with Crippen molar-refractivity contribution < 1.29 is 37.4 Å². The number of halogens is 2. The van der Waals surface area contributed by atoms with Crippen LogP contribution in [0.15, 0.2) is 47.6 Å². The first-order valence-electron chi connectivity index (χ1n) is 10.8. The quantitative estimate of drug-likeness (QED) is 0.575. The van der Waals surface area contributed by atoms with Crippen LogP contribution < -0.4 is 14.8 Å². The zero-order valence-electron chi connectivity index (χ0n) is 19.1. The van der Waals surface area contributed by atoms with Crippen molar-refractivity contribution in [2.45, 2.75) is 51.4 Å². The van der Waals surface area contributed by atoms with E-state index in [2.05, 4.69) is 15.2 Å². The SMILES string of the molecule is CC(C)(C)OC(=O)Nc1ccc(Oc2cc(C3=NOC4(CCOC4)C3)ccc2OC(F)F)cc1. The van der Waals surface area contributed by atoms with Crippen LogP contribution in [0.5, 0.6) is 17.2 Å². The molecule has 2 aromatic rings. The molecule has 2 heterocycles. The van der Waals surface area contributed by atoms with Gasteiger partial charge in [0, 0.05) is 24.1 Å². The Bertz CT molecular complexity index is 1060. The lowest BCUT2D eigenvalue weighted by molar-refractivity contribution is -0.0510. The number of nitrogens with zero attached hydrogens (tertiary/aromatic N) is 1. The van der Waals surface area contributed by atoms with Crippen molar-refractivity contribution in [1.82, 2.24) is 0 Å². The summed E-state index contributed by atoms with van der Waals surface area (Å²) in [6, 6.07) is 11.0. The topological polar surface area (TPSA) is 87.6 Å². The van der Waals surface area contributed by atoms with Crippen LogP contribution in [0.1, 0.15) is 39.2 Å². The van der Waals surface area contributed by atoms with Gasteiger partial charge in [0.25, 0.3) is 0 Å². The first-order chi connectivity index (χ1) is 16.1. The molecule has 1 saturated heterocycles. The van der Waals surface area contributed by atoms with Crippen LogP contribution in [0, 0.1) is 0 Å². The summed E-state index contributed by atoms with van der Waals surface area (Å²) in [5.74, 6) is 0.335. The molecule has 1 spiro atoms. The lowest BCUT2D eigenvalue weighted by Gasteiger charge is -2.19. The summed E-state index contributed by atoms with van der Waals surface area (Å²) in [4.78, 5) is 17.5. The lowest BCUT2D eigenvalue weighted by Crippen LogP contribution is -2.29. The van der Waals surface area contributed by atoms with Crippen molar-refractivity contribution in [1.29, 1.82) is 0 Å². The maximum Gasteiger partial charge on any atom is 0.412 e. The van der Waals surface area contributed by atoms with E-state index < -0.39 is 23.9 Å². The van der Waals surface area contributed by atoms with Gasteiger partial charge in [-0.1, -0.05) is 5.16 Å². The normalized spacial score (nSPS) is 19.6. The van der Waals surface area contributed by atoms with Gasteiger partial charge >= 0.3 is 12.7 Å². The molecule has 1 fully saturated rings. The highest BCUT2D eigenvalue weighted by molar-refractivity contribution is 6.02. The predicted molar refractivity (Wildman–Crippen MR) is 120 cm³/mol. The molecule has 0 aliphatic carbocycles. The van der Waals surface area contributed by atoms with Gasteiger partial charge < -0.3 is 23.8 Å². The number of hydrogen-bond acceptors (Lipinski definition) is 7. The molecule has 1 N–H and O–H groups in total. The predicted octanol–water partition coefficient (Wildman–Crippen LogP) is 5.71. The van der Waals surface area contributed by atoms with Crippen LogP contribution in [-0.2, 0) is 14.3 Å². The molecule has 2 aromatic carbocycles. The molecular formula is C24H26F2N2O6. The van der Waals surface area contributed by atoms with Gasteiger partial charge in [-0.25, -0.2) is 4.79 Å². The summed E-state index contributed by atoms with van der Waals surface area (Å²) in [6.07, 6.45) is 0.693. The second kappa shape index (κ2) is 9.46. The molecule has 182 valence electrons. The Balaban J connectivity index is 1.49. The molecule has 1 amide bonds. The van der Waals surface area contributed by atoms with E-state index in [1.54, 1.807) is 57.2 Å². The molecule has 8 nitrogen and oxygen atoms in total. The fourth-order valence-electron chi connectivity index (χ4n) is 3.59. The van der Waals surface area contributed by atoms with Crippen molar-refractivity contribution in [2.24, 2.45) is 5.16 Å². The minimum atomic E-state index is -3.01. The van der Waals surface area contributed by atoms with Gasteiger partial charge in [0.1, 0.15) is 11.4 Å². The standard InChI is InChI=1S/C24H26F2N2O6/c1-23(2,3)33-22(29)27-16-5-7-17(8-6-16)31-20-12-15(4-9-19(20)32-21(25)26)18-13-24(34-28-18)10-11-30-14-24/h4-9,12,21H,10-11,13-14H2,1-3H3,(H,27,29). The molecule has 0 aromatic heterocycles. The Labute approximate surface area is 195 Å². The molecule has 1 atom stereocenters. The maximum absolute atomic E-state index is 12.9. The number of anilines is 1. The smallest absolute Gasteiger partial charge is 0.412 e. The molecule has 4 rings (SSSR count). The van der Waals surface area contributed by atoms with Gasteiger partial charge in [-0.15, -0.1) is 0 Å². The molecule has 34 heavy (non-hydrogen) atoms. The first kappa shape index (κ1) is 23.7. The van der Waals surface area contributed by atoms with E-state index in [9.17, 15) is 13.6 Å². The zero-order chi connectivity index (χ0) is 24.3. The van der Waals surface area contributed by atoms with Crippen molar-refractivity contribution in [3.63, 3.8) is 0 Å². The Kier molecular flexibility index (Phi) is 6.60. The molecule has 0 saturated carbocycles. The Morgan fingerprint density at radius 1 is 1.15 bits per heavy atom. The third-order valence-electron chi connectivity index (χ3n) is 5.13. The fourth-order valence-corrected chi connectivity index (χ4v) is 3.59. The van der Waals surface area contributed by atoms with Gasteiger partial charge in [-0.05, 0) is 63.2 Å². The largest absolute Gasteiger partial charge is 0.453 e. The fraction of sp³-hybridized carbons (Fsp3) is 0.417. The monoisotopic (exact) mass is 476 g/mol. The van der Waals surface area contributed by atoms with Gasteiger partial charge in [0.2, 0.25) is 0 Å². The Morgan fingerprint density at radius 3 is 2.56 bits per heavy atom. The molecular weight excluding hydrogens is 450 g/mol. The highest BCUT2D eigenvalue weighted by Gasteiger charge is 2.43. The van der Waals surface area contributed by atoms with Crippen LogP contribution in [0.4, 0.5) is 19.3 Å². The van der Waals surface area contributed by atoms with Crippen molar-refractivity contribution in [3.8, 4) is 17.2 Å². The maximum atomic E-state index is 12.9. The molecule has 10 heteroatoms. The number of nitrogens with one attached hydrogen (secondary N) is 1. The third-order valence-corrected chi connectivity index (χ3v) is 5.13. The number of alkyl halides is 2. The second-order valence-electron chi connectivity index (χ2n) is 9.08. The summed E-state index contributed by atoms with van der Waals surface area (Å²) < 4.78 is 47.0. The van der Waals surface area contributed by atoms with Gasteiger partial charge in [0.05, 0.1) is 18.9 Å². The minimum Gasteiger partial charge on any atom is -0.453 e. The summed E-state index contributed by atoms with van der Waals surface area (Å²) in [7, 11) is 0. The van der Waals surface area contributed by atoms with Crippen molar-refractivity contribution in [3.05, 3.63) is 48.0 Å². The van der Waals surface area contributed by atoms with Crippen LogP contribution in [-0.4, -0.2) is 42.8 Å². The van der Waals surface area contributed by atoms with E-state index in [-0.39, 0.29) is 11.5 Å². The lowest BCUT2D eigenvalue weighted by atomic mass is 9.93. The number of hydrogen-bond donors (Lipinski definition) is 1. The highest BCUT2D eigenvalue weighted by atomic mass is 19.3. The van der Waals surface area contributed by atoms with E-state index in [1.807, 2.05) is 0 Å². The molecule has 2 aliphatic heterocycles. The minimum absolute atomic E-state index is 0.0944.